The molecular formula is C7H11NO3. The van der Waals surface area contributed by atoms with Crippen LogP contribution in [0, 0.1) is 11.3 Å². The van der Waals surface area contributed by atoms with E-state index in [9.17, 15) is 4.79 Å². The molecule has 0 rings (SSSR count). The minimum atomic E-state index is -1.07. The van der Waals surface area contributed by atoms with Crippen LogP contribution in [0.4, 0.5) is 0 Å². The van der Waals surface area contributed by atoms with Crippen LogP contribution < -0.4 is 0 Å². The second-order valence-electron chi connectivity index (χ2n) is 1.72. The van der Waals surface area contributed by atoms with Gasteiger partial charge in [-0.15, -0.1) is 0 Å². The van der Waals surface area contributed by atoms with E-state index in [1.807, 2.05) is 0 Å². The summed E-state index contributed by atoms with van der Waals surface area (Å²) in [5.74, 6) is -0.614. The van der Waals surface area contributed by atoms with Crippen molar-refractivity contribution in [2.24, 2.45) is 0 Å². The van der Waals surface area contributed by atoms with Crippen molar-refractivity contribution in [2.75, 3.05) is 13.2 Å². The second-order valence-corrected chi connectivity index (χ2v) is 1.72. The number of carbonyl (C=O) groups is 1. The summed E-state index contributed by atoms with van der Waals surface area (Å²) in [5.41, 5.74) is 0. The van der Waals surface area contributed by atoms with Crippen LogP contribution in [0.5, 0.6) is 0 Å². The van der Waals surface area contributed by atoms with Crippen molar-refractivity contribution < 1.29 is 14.3 Å². The third-order valence-corrected chi connectivity index (χ3v) is 0.951. The topological polar surface area (TPSA) is 59.3 Å². The molecule has 0 N–H and O–H groups in total. The molecule has 1 unspecified atom stereocenters. The molecule has 0 fully saturated rings. The quantitative estimate of drug-likeness (QED) is 0.557. The average molecular weight is 157 g/mol. The smallest absolute Gasteiger partial charge is 0.350 e. The number of esters is 1. The Balaban J connectivity index is 3.84. The van der Waals surface area contributed by atoms with E-state index in [2.05, 4.69) is 4.74 Å². The standard InChI is InChI=1S/C7H11NO3/c1-3-10-6(5-8)7(9)11-4-2/h6H,3-4H2,1-2H3. The number of nitrogens with zero attached hydrogens (tertiary/aromatic N) is 1. The summed E-state index contributed by atoms with van der Waals surface area (Å²) in [4.78, 5) is 10.8. The van der Waals surface area contributed by atoms with Crippen molar-refractivity contribution in [1.82, 2.24) is 0 Å². The van der Waals surface area contributed by atoms with Crippen LogP contribution in [0.15, 0.2) is 0 Å². The SMILES string of the molecule is CCOC(=O)C(C#N)OCC. The molecule has 0 saturated carbocycles. The molecule has 0 bridgehead atoms. The van der Waals surface area contributed by atoms with Crippen LogP contribution in [0.25, 0.3) is 0 Å². The number of hydrogen-bond donors (Lipinski definition) is 0. The van der Waals surface area contributed by atoms with Gasteiger partial charge in [-0.3, -0.25) is 0 Å². The van der Waals surface area contributed by atoms with Crippen molar-refractivity contribution in [1.29, 1.82) is 5.26 Å². The van der Waals surface area contributed by atoms with E-state index in [1.165, 1.54) is 0 Å². The summed E-state index contributed by atoms with van der Waals surface area (Å²) in [6.45, 7) is 3.99. The van der Waals surface area contributed by atoms with E-state index in [0.717, 1.165) is 0 Å². The highest BCUT2D eigenvalue weighted by atomic mass is 16.6. The summed E-state index contributed by atoms with van der Waals surface area (Å²) in [7, 11) is 0. The molecule has 0 aromatic heterocycles. The molecule has 0 amide bonds. The van der Waals surface area contributed by atoms with E-state index >= 15 is 0 Å². The van der Waals surface area contributed by atoms with Gasteiger partial charge < -0.3 is 9.47 Å². The fourth-order valence-corrected chi connectivity index (χ4v) is 0.543. The first-order valence-corrected chi connectivity index (χ1v) is 3.44. The van der Waals surface area contributed by atoms with Gasteiger partial charge in [0.1, 0.15) is 6.07 Å². The number of hydrogen-bond acceptors (Lipinski definition) is 4. The maximum Gasteiger partial charge on any atom is 0.350 e. The lowest BCUT2D eigenvalue weighted by Crippen LogP contribution is -2.24. The Hall–Kier alpha value is -1.08. The highest BCUT2D eigenvalue weighted by Crippen LogP contribution is 1.93. The molecule has 11 heavy (non-hydrogen) atoms. The Morgan fingerprint density at radius 2 is 2.18 bits per heavy atom. The van der Waals surface area contributed by atoms with Crippen LogP contribution in [0.2, 0.25) is 0 Å². The molecule has 0 saturated heterocycles. The highest BCUT2D eigenvalue weighted by Gasteiger charge is 2.18. The largest absolute Gasteiger partial charge is 0.463 e. The van der Waals surface area contributed by atoms with Crippen molar-refractivity contribution >= 4 is 5.97 Å². The summed E-state index contributed by atoms with van der Waals surface area (Å²) >= 11 is 0. The van der Waals surface area contributed by atoms with Gasteiger partial charge in [0, 0.05) is 6.61 Å². The van der Waals surface area contributed by atoms with Crippen LogP contribution in [0.1, 0.15) is 13.8 Å². The maximum absolute atomic E-state index is 10.8. The van der Waals surface area contributed by atoms with Crippen molar-refractivity contribution in [3.05, 3.63) is 0 Å². The van der Waals surface area contributed by atoms with Gasteiger partial charge in [-0.25, -0.2) is 4.79 Å². The van der Waals surface area contributed by atoms with Crippen molar-refractivity contribution in [2.45, 2.75) is 20.0 Å². The van der Waals surface area contributed by atoms with E-state index in [0.29, 0.717) is 6.61 Å². The van der Waals surface area contributed by atoms with E-state index in [-0.39, 0.29) is 6.61 Å². The molecule has 4 heteroatoms. The minimum Gasteiger partial charge on any atom is -0.463 e. The number of nitriles is 1. The van der Waals surface area contributed by atoms with Crippen molar-refractivity contribution in [3.63, 3.8) is 0 Å². The minimum absolute atomic E-state index is 0.268. The molecular weight excluding hydrogens is 146 g/mol. The zero-order valence-electron chi connectivity index (χ0n) is 6.66. The zero-order valence-corrected chi connectivity index (χ0v) is 6.66. The highest BCUT2D eigenvalue weighted by molar-refractivity contribution is 5.77. The third-order valence-electron chi connectivity index (χ3n) is 0.951. The molecule has 0 aromatic carbocycles. The van der Waals surface area contributed by atoms with Gasteiger partial charge in [-0.05, 0) is 13.8 Å². The first-order chi connectivity index (χ1) is 5.26. The number of rotatable bonds is 4. The van der Waals surface area contributed by atoms with E-state index in [4.69, 9.17) is 10.00 Å². The van der Waals surface area contributed by atoms with Crippen LogP contribution in [-0.2, 0) is 14.3 Å². The first-order valence-electron chi connectivity index (χ1n) is 3.44. The zero-order chi connectivity index (χ0) is 8.69. The lowest BCUT2D eigenvalue weighted by molar-refractivity contribution is -0.152. The molecule has 0 spiro atoms. The van der Waals surface area contributed by atoms with Gasteiger partial charge >= 0.3 is 5.97 Å². The molecule has 0 heterocycles. The Morgan fingerprint density at radius 3 is 2.55 bits per heavy atom. The first kappa shape index (κ1) is 9.92. The van der Waals surface area contributed by atoms with Gasteiger partial charge in [-0.2, -0.15) is 5.26 Å². The summed E-state index contributed by atoms with van der Waals surface area (Å²) in [6.07, 6.45) is -1.07. The lowest BCUT2D eigenvalue weighted by Gasteiger charge is -2.06. The monoisotopic (exact) mass is 157 g/mol. The predicted molar refractivity (Wildman–Crippen MR) is 37.7 cm³/mol. The van der Waals surface area contributed by atoms with Gasteiger partial charge in [-0.1, -0.05) is 0 Å². The van der Waals surface area contributed by atoms with Crippen LogP contribution in [-0.4, -0.2) is 25.3 Å². The molecule has 1 atom stereocenters. The fourth-order valence-electron chi connectivity index (χ4n) is 0.543. The molecule has 0 aromatic rings. The Labute approximate surface area is 65.7 Å². The van der Waals surface area contributed by atoms with Crippen LogP contribution in [0.3, 0.4) is 0 Å². The summed E-state index contributed by atoms with van der Waals surface area (Å²) in [6, 6.07) is 1.69. The Kier molecular flexibility index (Phi) is 5.13. The van der Waals surface area contributed by atoms with Gasteiger partial charge in [0.2, 0.25) is 6.10 Å². The molecule has 62 valence electrons. The second kappa shape index (κ2) is 5.69. The van der Waals surface area contributed by atoms with Gasteiger partial charge in [0.15, 0.2) is 0 Å². The van der Waals surface area contributed by atoms with Crippen molar-refractivity contribution in [3.8, 4) is 6.07 Å². The number of carbonyl (C=O) groups excluding carboxylic acids is 1. The molecule has 0 aliphatic heterocycles. The predicted octanol–water partition coefficient (Wildman–Crippen LogP) is 0.478. The molecule has 0 radical (unpaired) electrons. The van der Waals surface area contributed by atoms with E-state index < -0.39 is 12.1 Å². The lowest BCUT2D eigenvalue weighted by atomic mass is 10.4. The van der Waals surface area contributed by atoms with Crippen LogP contribution >= 0.6 is 0 Å². The van der Waals surface area contributed by atoms with Gasteiger partial charge in [0.05, 0.1) is 6.61 Å². The average Bonchev–Trinajstić information content (AvgIpc) is 2.00. The summed E-state index contributed by atoms with van der Waals surface area (Å²) < 4.78 is 9.33. The fraction of sp³-hybridized carbons (Fsp3) is 0.714. The maximum atomic E-state index is 10.8. The number of ether oxygens (including phenoxy) is 2. The third kappa shape index (κ3) is 3.58. The molecule has 0 aliphatic rings. The molecule has 4 nitrogen and oxygen atoms in total. The van der Waals surface area contributed by atoms with E-state index in [1.54, 1.807) is 19.9 Å². The Bertz CT molecular complexity index is 162. The normalized spacial score (nSPS) is 11.7. The Morgan fingerprint density at radius 1 is 1.55 bits per heavy atom. The van der Waals surface area contributed by atoms with Gasteiger partial charge in [0.25, 0.3) is 0 Å². The summed E-state index contributed by atoms with van der Waals surface area (Å²) in [5, 5.41) is 8.38. The molecule has 0 aliphatic carbocycles.